The summed E-state index contributed by atoms with van der Waals surface area (Å²) in [5, 5.41) is 0. The van der Waals surface area contributed by atoms with Gasteiger partial charge in [0.1, 0.15) is 11.6 Å². The third-order valence-corrected chi connectivity index (χ3v) is 3.48. The van der Waals surface area contributed by atoms with Crippen LogP contribution in [0.2, 0.25) is 0 Å². The number of H-pyrrole nitrogens is 1. The van der Waals surface area contributed by atoms with Gasteiger partial charge in [0.2, 0.25) is 0 Å². The van der Waals surface area contributed by atoms with Gasteiger partial charge < -0.3 is 15.5 Å². The highest BCUT2D eigenvalue weighted by Crippen LogP contribution is 2.25. The SMILES string of the molecule is COc1ccc2nc(C(CN)c3ccccc3)[nH]c2c1. The lowest BCUT2D eigenvalue weighted by Crippen LogP contribution is -2.15. The molecule has 0 aliphatic carbocycles. The van der Waals surface area contributed by atoms with E-state index in [0.29, 0.717) is 6.54 Å². The minimum absolute atomic E-state index is 0.0783. The van der Waals surface area contributed by atoms with E-state index in [1.807, 2.05) is 36.4 Å². The molecule has 2 aromatic carbocycles. The van der Waals surface area contributed by atoms with Crippen LogP contribution in [0.3, 0.4) is 0 Å². The number of nitrogens with zero attached hydrogens (tertiary/aromatic N) is 1. The normalized spacial score (nSPS) is 12.5. The lowest BCUT2D eigenvalue weighted by molar-refractivity contribution is 0.415. The number of imidazole rings is 1. The van der Waals surface area contributed by atoms with Crippen molar-refractivity contribution in [3.63, 3.8) is 0 Å². The van der Waals surface area contributed by atoms with Crippen LogP contribution in [0.25, 0.3) is 11.0 Å². The Morgan fingerprint density at radius 1 is 1.20 bits per heavy atom. The van der Waals surface area contributed by atoms with Gasteiger partial charge in [-0.15, -0.1) is 0 Å². The standard InChI is InChI=1S/C16H17N3O/c1-20-12-7-8-14-15(9-12)19-16(18-14)13(10-17)11-5-3-2-4-6-11/h2-9,13H,10,17H2,1H3,(H,18,19). The highest BCUT2D eigenvalue weighted by molar-refractivity contribution is 5.77. The maximum Gasteiger partial charge on any atom is 0.121 e. The number of aromatic nitrogens is 2. The Balaban J connectivity index is 2.04. The molecule has 0 fully saturated rings. The summed E-state index contributed by atoms with van der Waals surface area (Å²) in [6, 6.07) is 16.0. The molecule has 0 amide bonds. The molecule has 1 unspecified atom stereocenters. The molecule has 1 atom stereocenters. The number of fused-ring (bicyclic) bond motifs is 1. The quantitative estimate of drug-likeness (QED) is 0.764. The van der Waals surface area contributed by atoms with E-state index in [1.54, 1.807) is 7.11 Å². The molecular formula is C16H17N3O. The van der Waals surface area contributed by atoms with Crippen molar-refractivity contribution in [2.75, 3.05) is 13.7 Å². The summed E-state index contributed by atoms with van der Waals surface area (Å²) in [5.74, 6) is 1.79. The van der Waals surface area contributed by atoms with Crippen LogP contribution in [-0.4, -0.2) is 23.6 Å². The molecule has 0 spiro atoms. The lowest BCUT2D eigenvalue weighted by Gasteiger charge is -2.11. The van der Waals surface area contributed by atoms with Gasteiger partial charge in [0, 0.05) is 12.6 Å². The summed E-state index contributed by atoms with van der Waals surface area (Å²) < 4.78 is 5.23. The highest BCUT2D eigenvalue weighted by Gasteiger charge is 2.16. The molecule has 102 valence electrons. The van der Waals surface area contributed by atoms with Crippen molar-refractivity contribution in [1.82, 2.24) is 9.97 Å². The summed E-state index contributed by atoms with van der Waals surface area (Å²) in [6.07, 6.45) is 0. The van der Waals surface area contributed by atoms with Crippen molar-refractivity contribution < 1.29 is 4.74 Å². The predicted molar refractivity (Wildman–Crippen MR) is 80.0 cm³/mol. The highest BCUT2D eigenvalue weighted by atomic mass is 16.5. The number of methoxy groups -OCH3 is 1. The zero-order chi connectivity index (χ0) is 13.9. The number of hydrogen-bond donors (Lipinski definition) is 2. The van der Waals surface area contributed by atoms with Gasteiger partial charge in [-0.2, -0.15) is 0 Å². The topological polar surface area (TPSA) is 63.9 Å². The number of aromatic amines is 1. The first kappa shape index (κ1) is 12.7. The fourth-order valence-corrected chi connectivity index (χ4v) is 2.39. The van der Waals surface area contributed by atoms with Gasteiger partial charge in [-0.1, -0.05) is 30.3 Å². The van der Waals surface area contributed by atoms with E-state index >= 15 is 0 Å². The van der Waals surface area contributed by atoms with Crippen molar-refractivity contribution in [2.45, 2.75) is 5.92 Å². The van der Waals surface area contributed by atoms with E-state index in [-0.39, 0.29) is 5.92 Å². The zero-order valence-electron chi connectivity index (χ0n) is 11.3. The maximum atomic E-state index is 5.93. The van der Waals surface area contributed by atoms with Crippen LogP contribution in [0.1, 0.15) is 17.3 Å². The van der Waals surface area contributed by atoms with Gasteiger partial charge in [0.25, 0.3) is 0 Å². The van der Waals surface area contributed by atoms with Crippen molar-refractivity contribution in [1.29, 1.82) is 0 Å². The van der Waals surface area contributed by atoms with Gasteiger partial charge in [-0.05, 0) is 17.7 Å². The molecule has 3 aromatic rings. The van der Waals surface area contributed by atoms with E-state index in [9.17, 15) is 0 Å². The van der Waals surface area contributed by atoms with Crippen LogP contribution in [-0.2, 0) is 0 Å². The average molecular weight is 267 g/mol. The second-order valence-electron chi connectivity index (χ2n) is 4.70. The van der Waals surface area contributed by atoms with E-state index < -0.39 is 0 Å². The Labute approximate surface area is 117 Å². The van der Waals surface area contributed by atoms with Crippen LogP contribution >= 0.6 is 0 Å². The third kappa shape index (κ3) is 2.26. The molecule has 4 heteroatoms. The summed E-state index contributed by atoms with van der Waals surface area (Å²) in [4.78, 5) is 7.99. The number of nitrogens with one attached hydrogen (secondary N) is 1. The van der Waals surface area contributed by atoms with E-state index in [1.165, 1.54) is 5.56 Å². The summed E-state index contributed by atoms with van der Waals surface area (Å²) in [5.41, 5.74) is 8.99. The summed E-state index contributed by atoms with van der Waals surface area (Å²) >= 11 is 0. The van der Waals surface area contributed by atoms with Gasteiger partial charge in [0.15, 0.2) is 0 Å². The van der Waals surface area contributed by atoms with E-state index in [4.69, 9.17) is 10.5 Å². The van der Waals surface area contributed by atoms with Crippen molar-refractivity contribution in [3.8, 4) is 5.75 Å². The molecule has 3 rings (SSSR count). The molecule has 1 heterocycles. The van der Waals surface area contributed by atoms with Gasteiger partial charge in [-0.3, -0.25) is 0 Å². The van der Waals surface area contributed by atoms with Crippen molar-refractivity contribution in [2.24, 2.45) is 5.73 Å². The Bertz CT molecular complexity index is 706. The Hall–Kier alpha value is -2.33. The molecule has 4 nitrogen and oxygen atoms in total. The molecule has 0 aliphatic rings. The monoisotopic (exact) mass is 267 g/mol. The third-order valence-electron chi connectivity index (χ3n) is 3.48. The molecule has 0 bridgehead atoms. The molecule has 20 heavy (non-hydrogen) atoms. The minimum atomic E-state index is 0.0783. The van der Waals surface area contributed by atoms with Crippen LogP contribution in [0.15, 0.2) is 48.5 Å². The number of ether oxygens (including phenoxy) is 1. The maximum absolute atomic E-state index is 5.93. The molecule has 0 saturated heterocycles. The van der Waals surface area contributed by atoms with Crippen molar-refractivity contribution >= 4 is 11.0 Å². The second-order valence-corrected chi connectivity index (χ2v) is 4.70. The number of nitrogens with two attached hydrogens (primary N) is 1. The first-order valence-corrected chi connectivity index (χ1v) is 6.60. The Morgan fingerprint density at radius 2 is 2.00 bits per heavy atom. The van der Waals surface area contributed by atoms with E-state index in [0.717, 1.165) is 22.6 Å². The van der Waals surface area contributed by atoms with Crippen LogP contribution in [0.5, 0.6) is 5.75 Å². The average Bonchev–Trinajstić information content (AvgIpc) is 2.91. The Kier molecular flexibility index (Phi) is 3.39. The van der Waals surface area contributed by atoms with Crippen LogP contribution in [0.4, 0.5) is 0 Å². The smallest absolute Gasteiger partial charge is 0.121 e. The van der Waals surface area contributed by atoms with Crippen molar-refractivity contribution in [3.05, 3.63) is 59.9 Å². The summed E-state index contributed by atoms with van der Waals surface area (Å²) in [7, 11) is 1.66. The number of benzene rings is 2. The molecular weight excluding hydrogens is 250 g/mol. The minimum Gasteiger partial charge on any atom is -0.497 e. The first-order chi connectivity index (χ1) is 9.81. The van der Waals surface area contributed by atoms with Crippen LogP contribution in [0, 0.1) is 0 Å². The lowest BCUT2D eigenvalue weighted by atomic mass is 9.99. The molecule has 0 aliphatic heterocycles. The largest absolute Gasteiger partial charge is 0.497 e. The number of rotatable bonds is 4. The second kappa shape index (κ2) is 5.35. The molecule has 3 N–H and O–H groups in total. The van der Waals surface area contributed by atoms with Gasteiger partial charge in [0.05, 0.1) is 24.1 Å². The number of hydrogen-bond acceptors (Lipinski definition) is 3. The predicted octanol–water partition coefficient (Wildman–Crippen LogP) is 2.66. The fourth-order valence-electron chi connectivity index (χ4n) is 2.39. The van der Waals surface area contributed by atoms with Gasteiger partial charge in [-0.25, -0.2) is 4.98 Å². The molecule has 0 saturated carbocycles. The zero-order valence-corrected chi connectivity index (χ0v) is 11.3. The van der Waals surface area contributed by atoms with E-state index in [2.05, 4.69) is 22.1 Å². The molecule has 1 aromatic heterocycles. The first-order valence-electron chi connectivity index (χ1n) is 6.60. The van der Waals surface area contributed by atoms with Gasteiger partial charge >= 0.3 is 0 Å². The fraction of sp³-hybridized carbons (Fsp3) is 0.188. The van der Waals surface area contributed by atoms with Crippen LogP contribution < -0.4 is 10.5 Å². The molecule has 0 radical (unpaired) electrons. The Morgan fingerprint density at radius 3 is 2.70 bits per heavy atom. The summed E-state index contributed by atoms with van der Waals surface area (Å²) in [6.45, 7) is 0.515.